The van der Waals surface area contributed by atoms with Crippen LogP contribution in [0.5, 0.6) is 0 Å². The number of Topliss-reactive ketones (excluding diaryl/α,β-unsaturated/α-hetero) is 1. The third-order valence-corrected chi connectivity index (χ3v) is 6.29. The van der Waals surface area contributed by atoms with Crippen LogP contribution in [0.3, 0.4) is 0 Å². The van der Waals surface area contributed by atoms with Gasteiger partial charge in [-0.15, -0.1) is 0 Å². The number of aromatic nitrogens is 1. The van der Waals surface area contributed by atoms with Crippen LogP contribution in [0.4, 0.5) is 0 Å². The zero-order valence-electron chi connectivity index (χ0n) is 16.8. The van der Waals surface area contributed by atoms with Gasteiger partial charge in [-0.05, 0) is 23.3 Å². The third kappa shape index (κ3) is 3.00. The Balaban J connectivity index is 1.52. The highest BCUT2D eigenvalue weighted by molar-refractivity contribution is 6.06. The Morgan fingerprint density at radius 1 is 1.03 bits per heavy atom. The van der Waals surface area contributed by atoms with Crippen molar-refractivity contribution in [2.45, 2.75) is 25.5 Å². The van der Waals surface area contributed by atoms with Crippen LogP contribution in [-0.4, -0.2) is 16.3 Å². The van der Waals surface area contributed by atoms with Gasteiger partial charge >= 0.3 is 5.97 Å². The average Bonchev–Trinajstić information content (AvgIpc) is 3.49. The molecular weight excluding hydrogens is 388 g/mol. The molecule has 0 bridgehead atoms. The summed E-state index contributed by atoms with van der Waals surface area (Å²) < 4.78 is 7.60. The van der Waals surface area contributed by atoms with Crippen LogP contribution in [-0.2, 0) is 22.7 Å². The van der Waals surface area contributed by atoms with Crippen LogP contribution in [0, 0.1) is 16.7 Å². The van der Waals surface area contributed by atoms with Gasteiger partial charge in [-0.2, -0.15) is 5.26 Å². The Morgan fingerprint density at radius 3 is 2.45 bits per heavy atom. The van der Waals surface area contributed by atoms with Crippen molar-refractivity contribution in [1.29, 1.82) is 5.26 Å². The molecule has 2 atom stereocenters. The maximum Gasteiger partial charge on any atom is 0.334 e. The Hall–Kier alpha value is -3.91. The molecule has 1 aromatic heterocycles. The summed E-state index contributed by atoms with van der Waals surface area (Å²) >= 11 is 0. The number of nitriles is 1. The Kier molecular flexibility index (Phi) is 4.56. The molecule has 31 heavy (non-hydrogen) atoms. The smallest absolute Gasteiger partial charge is 0.334 e. The van der Waals surface area contributed by atoms with Crippen molar-refractivity contribution in [3.05, 3.63) is 107 Å². The zero-order valence-corrected chi connectivity index (χ0v) is 16.8. The highest BCUT2D eigenvalue weighted by atomic mass is 16.5. The van der Waals surface area contributed by atoms with Crippen LogP contribution in [0.2, 0.25) is 0 Å². The Labute approximate surface area is 180 Å². The molecule has 3 aromatic rings. The van der Waals surface area contributed by atoms with Crippen molar-refractivity contribution in [2.75, 3.05) is 0 Å². The lowest BCUT2D eigenvalue weighted by atomic mass is 9.70. The van der Waals surface area contributed by atoms with Gasteiger partial charge in [0, 0.05) is 41.9 Å². The standard InChI is InChI=1S/C26H20N2O3/c27-17-26(24(29)19-10-5-2-6-11-19)14-20(21-15-28-13-7-12-22(28)23(21)26)25(30)31-16-18-8-3-1-4-9-18/h1-13,23H,14-16H2/t23-,26-/m0/s1. The summed E-state index contributed by atoms with van der Waals surface area (Å²) in [5, 5.41) is 10.3. The molecule has 0 saturated carbocycles. The summed E-state index contributed by atoms with van der Waals surface area (Å²) in [6.45, 7) is 0.647. The maximum atomic E-state index is 13.6. The van der Waals surface area contributed by atoms with Crippen LogP contribution >= 0.6 is 0 Å². The lowest BCUT2D eigenvalue weighted by Crippen LogP contribution is -2.33. The molecule has 5 rings (SSSR count). The van der Waals surface area contributed by atoms with E-state index in [1.807, 2.05) is 59.3 Å². The molecule has 0 fully saturated rings. The minimum absolute atomic E-state index is 0.0655. The Bertz CT molecular complexity index is 1230. The summed E-state index contributed by atoms with van der Waals surface area (Å²) in [5.74, 6) is -1.15. The fourth-order valence-electron chi connectivity index (χ4n) is 4.83. The monoisotopic (exact) mass is 408 g/mol. The molecule has 0 unspecified atom stereocenters. The molecule has 2 heterocycles. The number of benzene rings is 2. The van der Waals surface area contributed by atoms with Crippen molar-refractivity contribution < 1.29 is 14.3 Å². The number of allylic oxidation sites excluding steroid dienone is 1. The van der Waals surface area contributed by atoms with Crippen LogP contribution in [0.1, 0.15) is 34.0 Å². The first-order chi connectivity index (χ1) is 15.1. The van der Waals surface area contributed by atoms with E-state index >= 15 is 0 Å². The van der Waals surface area contributed by atoms with Crippen molar-refractivity contribution in [2.24, 2.45) is 5.41 Å². The number of esters is 1. The third-order valence-electron chi connectivity index (χ3n) is 6.29. The molecule has 0 saturated heterocycles. The average molecular weight is 408 g/mol. The summed E-state index contributed by atoms with van der Waals surface area (Å²) in [6.07, 6.45) is 1.98. The second-order valence-electron chi connectivity index (χ2n) is 8.01. The van der Waals surface area contributed by atoms with E-state index in [-0.39, 0.29) is 18.8 Å². The summed E-state index contributed by atoms with van der Waals surface area (Å²) in [7, 11) is 0. The second-order valence-corrected chi connectivity index (χ2v) is 8.01. The van der Waals surface area contributed by atoms with E-state index in [1.165, 1.54) is 0 Å². The Morgan fingerprint density at radius 2 is 1.74 bits per heavy atom. The first-order valence-corrected chi connectivity index (χ1v) is 10.2. The molecule has 1 aliphatic carbocycles. The maximum absolute atomic E-state index is 13.6. The topological polar surface area (TPSA) is 72.1 Å². The van der Waals surface area contributed by atoms with Crippen LogP contribution in [0.25, 0.3) is 0 Å². The quantitative estimate of drug-likeness (QED) is 0.463. The van der Waals surface area contributed by atoms with Gasteiger partial charge in [0.15, 0.2) is 5.78 Å². The molecule has 0 spiro atoms. The van der Waals surface area contributed by atoms with Crippen molar-refractivity contribution in [3.63, 3.8) is 0 Å². The molecule has 2 aromatic carbocycles. The van der Waals surface area contributed by atoms with Crippen LogP contribution in [0.15, 0.2) is 90.1 Å². The number of hydrogen-bond donors (Lipinski definition) is 0. The van der Waals surface area contributed by atoms with E-state index < -0.39 is 17.3 Å². The molecular formula is C26H20N2O3. The molecule has 1 aliphatic heterocycles. The number of rotatable bonds is 5. The van der Waals surface area contributed by atoms with Gasteiger partial charge in [-0.25, -0.2) is 4.79 Å². The molecule has 5 nitrogen and oxygen atoms in total. The van der Waals surface area contributed by atoms with E-state index in [2.05, 4.69) is 6.07 Å². The fourth-order valence-corrected chi connectivity index (χ4v) is 4.83. The first-order valence-electron chi connectivity index (χ1n) is 10.2. The van der Waals surface area contributed by atoms with Crippen molar-refractivity contribution in [3.8, 4) is 6.07 Å². The number of ether oxygens (including phenoxy) is 1. The first kappa shape index (κ1) is 19.1. The van der Waals surface area contributed by atoms with E-state index in [0.717, 1.165) is 16.8 Å². The largest absolute Gasteiger partial charge is 0.457 e. The highest BCUT2D eigenvalue weighted by Crippen LogP contribution is 2.57. The van der Waals surface area contributed by atoms with Gasteiger partial charge in [0.1, 0.15) is 12.0 Å². The normalized spacial score (nSPS) is 21.3. The van der Waals surface area contributed by atoms with E-state index in [0.29, 0.717) is 17.7 Å². The number of carbonyl (C=O) groups is 2. The van der Waals surface area contributed by atoms with Gasteiger partial charge in [0.2, 0.25) is 0 Å². The summed E-state index contributed by atoms with van der Waals surface area (Å²) in [5.41, 5.74) is 2.18. The SMILES string of the molecule is N#C[C@@]1(C(=O)c2ccccc2)CC(C(=O)OCc2ccccc2)=C2Cn3cccc3[C@H]21. The fraction of sp³-hybridized carbons (Fsp3) is 0.192. The van der Waals surface area contributed by atoms with Gasteiger partial charge in [0.05, 0.1) is 6.07 Å². The lowest BCUT2D eigenvalue weighted by molar-refractivity contribution is -0.140. The van der Waals surface area contributed by atoms with Crippen LogP contribution < -0.4 is 0 Å². The van der Waals surface area contributed by atoms with Gasteiger partial charge in [-0.1, -0.05) is 60.7 Å². The van der Waals surface area contributed by atoms with E-state index in [4.69, 9.17) is 4.74 Å². The number of carbonyl (C=O) groups excluding carboxylic acids is 2. The van der Waals surface area contributed by atoms with Crippen molar-refractivity contribution in [1.82, 2.24) is 4.57 Å². The number of fused-ring (bicyclic) bond motifs is 3. The number of hydrogen-bond acceptors (Lipinski definition) is 4. The van der Waals surface area contributed by atoms with E-state index in [9.17, 15) is 14.9 Å². The predicted octanol–water partition coefficient (Wildman–Crippen LogP) is 4.42. The minimum Gasteiger partial charge on any atom is -0.457 e. The molecule has 2 aliphatic rings. The zero-order chi connectivity index (χ0) is 21.4. The molecule has 5 heteroatoms. The number of nitrogens with zero attached hydrogens (tertiary/aromatic N) is 2. The minimum atomic E-state index is -1.36. The molecule has 152 valence electrons. The van der Waals surface area contributed by atoms with E-state index in [1.54, 1.807) is 24.3 Å². The summed E-state index contributed by atoms with van der Waals surface area (Å²) in [4.78, 5) is 26.7. The van der Waals surface area contributed by atoms with Crippen molar-refractivity contribution >= 4 is 11.8 Å². The van der Waals surface area contributed by atoms with Gasteiger partial charge < -0.3 is 9.30 Å². The molecule has 0 radical (unpaired) electrons. The molecule has 0 amide bonds. The molecule has 0 N–H and O–H groups in total. The van der Waals surface area contributed by atoms with Gasteiger partial charge in [0.25, 0.3) is 0 Å². The number of ketones is 1. The highest BCUT2D eigenvalue weighted by Gasteiger charge is 2.58. The lowest BCUT2D eigenvalue weighted by Gasteiger charge is -2.26. The van der Waals surface area contributed by atoms with Gasteiger partial charge in [-0.3, -0.25) is 4.79 Å². The second kappa shape index (κ2) is 7.41. The predicted molar refractivity (Wildman–Crippen MR) is 114 cm³/mol. The summed E-state index contributed by atoms with van der Waals surface area (Å²) in [6, 6.07) is 24.5.